The first-order valence-electron chi connectivity index (χ1n) is 12.0. The number of benzene rings is 1. The number of aliphatic hydroxyl groups is 1. The third kappa shape index (κ3) is 5.31. The Morgan fingerprint density at radius 1 is 1.14 bits per heavy atom. The number of aromatic nitrogens is 1. The predicted octanol–water partition coefficient (Wildman–Crippen LogP) is 2.37. The third-order valence-electron chi connectivity index (χ3n) is 6.48. The van der Waals surface area contributed by atoms with Crippen LogP contribution in [0.25, 0.3) is 17.0 Å². The number of methoxy groups -OCH3 is 1. The van der Waals surface area contributed by atoms with Gasteiger partial charge in [0.15, 0.2) is 0 Å². The smallest absolute Gasteiger partial charge is 0.266 e. The molecule has 0 spiro atoms. The van der Waals surface area contributed by atoms with Gasteiger partial charge < -0.3 is 19.3 Å². The summed E-state index contributed by atoms with van der Waals surface area (Å²) >= 11 is 6.73. The Bertz CT molecular complexity index is 1190. The van der Waals surface area contributed by atoms with Crippen LogP contribution in [0.2, 0.25) is 0 Å². The van der Waals surface area contributed by atoms with Crippen LogP contribution in [0, 0.1) is 0 Å². The molecule has 0 aliphatic carbocycles. The number of ether oxygens (including phenoxy) is 1. The van der Waals surface area contributed by atoms with Crippen LogP contribution in [0.15, 0.2) is 34.0 Å². The Kier molecular flexibility index (Phi) is 8.61. The maximum Gasteiger partial charge on any atom is 0.266 e. The first-order valence-corrected chi connectivity index (χ1v) is 13.2. The predicted molar refractivity (Wildman–Crippen MR) is 146 cm³/mol. The monoisotopic (exact) mass is 516 g/mol. The molecule has 1 aromatic heterocycles. The van der Waals surface area contributed by atoms with Crippen molar-refractivity contribution in [1.82, 2.24) is 14.4 Å². The van der Waals surface area contributed by atoms with Crippen molar-refractivity contribution in [2.75, 3.05) is 64.5 Å². The van der Waals surface area contributed by atoms with Crippen LogP contribution in [0.1, 0.15) is 18.9 Å². The van der Waals surface area contributed by atoms with Crippen molar-refractivity contribution in [3.8, 4) is 0 Å². The van der Waals surface area contributed by atoms with Crippen molar-refractivity contribution >= 4 is 56.9 Å². The zero-order valence-corrected chi connectivity index (χ0v) is 21.9. The molecule has 1 amide bonds. The van der Waals surface area contributed by atoms with Gasteiger partial charge in [-0.05, 0) is 25.5 Å². The number of thiocarbonyl (C=S) groups is 1. The van der Waals surface area contributed by atoms with Gasteiger partial charge in [0.1, 0.15) is 4.32 Å². The number of hydrogen-bond acceptors (Lipinski definition) is 8. The number of carbonyl (C=O) groups excluding carboxylic acids is 1. The molecule has 2 aliphatic heterocycles. The van der Waals surface area contributed by atoms with Gasteiger partial charge in [-0.25, -0.2) is 0 Å². The molecule has 0 bridgehead atoms. The standard InChI is InChI=1S/C25H32N4O4S2/c1-3-28-20-8-5-4-7-18(20)22(27-12-10-26(11-13-27)14-15-30)19(23(28)31)17-21-24(32)29(25(34)35-21)9-6-16-33-2/h4-5,7-8,17,30H,3,6,9-16H2,1-2H3. The molecule has 8 nitrogen and oxygen atoms in total. The Morgan fingerprint density at radius 3 is 2.57 bits per heavy atom. The SMILES string of the molecule is CCn1c(=O)c(C=C2SC(=S)N(CCCOC)C2=O)c(N2CCN(CCO)CC2)c2ccccc21. The van der Waals surface area contributed by atoms with Crippen molar-refractivity contribution in [3.05, 3.63) is 45.1 Å². The summed E-state index contributed by atoms with van der Waals surface area (Å²) in [5.74, 6) is -0.162. The van der Waals surface area contributed by atoms with Crippen LogP contribution in [-0.2, 0) is 16.1 Å². The van der Waals surface area contributed by atoms with E-state index in [1.807, 2.05) is 31.2 Å². The fourth-order valence-corrected chi connectivity index (χ4v) is 6.01. The number of piperazine rings is 1. The summed E-state index contributed by atoms with van der Waals surface area (Å²) in [5.41, 5.74) is 2.17. The van der Waals surface area contributed by atoms with Crippen LogP contribution in [0.5, 0.6) is 0 Å². The van der Waals surface area contributed by atoms with Crippen LogP contribution in [0.4, 0.5) is 5.69 Å². The molecule has 0 atom stereocenters. The number of anilines is 1. The Labute approximate surface area is 215 Å². The molecule has 2 saturated heterocycles. The molecule has 0 radical (unpaired) electrons. The molecular weight excluding hydrogens is 484 g/mol. The van der Waals surface area contributed by atoms with E-state index in [2.05, 4.69) is 9.80 Å². The topological polar surface area (TPSA) is 78.2 Å². The summed E-state index contributed by atoms with van der Waals surface area (Å²) < 4.78 is 7.39. The average molecular weight is 517 g/mol. The fraction of sp³-hybridized carbons (Fsp3) is 0.480. The van der Waals surface area contributed by atoms with Gasteiger partial charge in [-0.3, -0.25) is 19.4 Å². The van der Waals surface area contributed by atoms with E-state index < -0.39 is 0 Å². The zero-order valence-electron chi connectivity index (χ0n) is 20.2. The van der Waals surface area contributed by atoms with Crippen molar-refractivity contribution in [1.29, 1.82) is 0 Å². The highest BCUT2D eigenvalue weighted by molar-refractivity contribution is 8.26. The van der Waals surface area contributed by atoms with Crippen LogP contribution in [-0.4, -0.2) is 89.3 Å². The van der Waals surface area contributed by atoms with Gasteiger partial charge in [-0.15, -0.1) is 0 Å². The number of fused-ring (bicyclic) bond motifs is 1. The second kappa shape index (κ2) is 11.7. The van der Waals surface area contributed by atoms with Crippen LogP contribution >= 0.6 is 24.0 Å². The number of aliphatic hydroxyl groups excluding tert-OH is 1. The number of thioether (sulfide) groups is 1. The van der Waals surface area contributed by atoms with Crippen molar-refractivity contribution in [2.24, 2.45) is 0 Å². The maximum absolute atomic E-state index is 13.8. The van der Waals surface area contributed by atoms with E-state index in [0.717, 1.165) is 42.8 Å². The summed E-state index contributed by atoms with van der Waals surface area (Å²) in [5, 5.41) is 10.3. The van der Waals surface area contributed by atoms with E-state index in [0.29, 0.717) is 47.5 Å². The van der Waals surface area contributed by atoms with Crippen molar-refractivity contribution in [2.45, 2.75) is 19.9 Å². The highest BCUT2D eigenvalue weighted by Gasteiger charge is 2.33. The van der Waals surface area contributed by atoms with Gasteiger partial charge >= 0.3 is 0 Å². The number of amides is 1. The molecule has 3 heterocycles. The van der Waals surface area contributed by atoms with Crippen LogP contribution in [0.3, 0.4) is 0 Å². The molecule has 1 aromatic carbocycles. The summed E-state index contributed by atoms with van der Waals surface area (Å²) in [6, 6.07) is 7.95. The number of β-amino-alcohol motifs (C(OH)–C–C–N with tert-alkyl or cyclic N) is 1. The third-order valence-corrected chi connectivity index (χ3v) is 7.86. The Balaban J connectivity index is 1.79. The minimum absolute atomic E-state index is 0.108. The van der Waals surface area contributed by atoms with Crippen molar-refractivity contribution < 1.29 is 14.6 Å². The Morgan fingerprint density at radius 2 is 1.89 bits per heavy atom. The summed E-state index contributed by atoms with van der Waals surface area (Å²) in [7, 11) is 1.63. The number of hydrogen-bond donors (Lipinski definition) is 1. The number of carbonyl (C=O) groups is 1. The quantitative estimate of drug-likeness (QED) is 0.309. The normalized spacial score (nSPS) is 18.4. The van der Waals surface area contributed by atoms with Gasteiger partial charge in [0.25, 0.3) is 11.5 Å². The molecule has 2 fully saturated rings. The number of aryl methyl sites for hydroxylation is 1. The van der Waals surface area contributed by atoms with Gasteiger partial charge in [0.05, 0.1) is 28.3 Å². The summed E-state index contributed by atoms with van der Waals surface area (Å²) in [6.45, 7) is 7.37. The molecule has 10 heteroatoms. The average Bonchev–Trinajstić information content (AvgIpc) is 3.13. The number of pyridine rings is 1. The second-order valence-electron chi connectivity index (χ2n) is 8.56. The van der Waals surface area contributed by atoms with Crippen LogP contribution < -0.4 is 10.5 Å². The molecule has 0 saturated carbocycles. The summed E-state index contributed by atoms with van der Waals surface area (Å²) in [6.07, 6.45) is 2.43. The molecule has 2 aromatic rings. The van der Waals surface area contributed by atoms with E-state index in [9.17, 15) is 14.7 Å². The first kappa shape index (κ1) is 25.8. The number of rotatable bonds is 9. The lowest BCUT2D eigenvalue weighted by Crippen LogP contribution is -2.48. The largest absolute Gasteiger partial charge is 0.395 e. The lowest BCUT2D eigenvalue weighted by Gasteiger charge is -2.37. The van der Waals surface area contributed by atoms with Gasteiger partial charge in [-0.1, -0.05) is 42.2 Å². The number of para-hydroxylation sites is 1. The van der Waals surface area contributed by atoms with E-state index >= 15 is 0 Å². The molecule has 2 aliphatic rings. The summed E-state index contributed by atoms with van der Waals surface area (Å²) in [4.78, 5) is 33.5. The second-order valence-corrected chi connectivity index (χ2v) is 10.2. The molecule has 1 N–H and O–H groups in total. The van der Waals surface area contributed by atoms with Gasteiger partial charge in [-0.2, -0.15) is 0 Å². The molecule has 4 rings (SSSR count). The molecule has 0 unspecified atom stereocenters. The molecular formula is C25H32N4O4S2. The van der Waals surface area contributed by atoms with E-state index in [-0.39, 0.29) is 18.1 Å². The fourth-order valence-electron chi connectivity index (χ4n) is 4.72. The lowest BCUT2D eigenvalue weighted by atomic mass is 10.0. The lowest BCUT2D eigenvalue weighted by molar-refractivity contribution is -0.122. The first-order chi connectivity index (χ1) is 17.0. The highest BCUT2D eigenvalue weighted by atomic mass is 32.2. The van der Waals surface area contributed by atoms with Crippen molar-refractivity contribution in [3.63, 3.8) is 0 Å². The zero-order chi connectivity index (χ0) is 24.9. The highest BCUT2D eigenvalue weighted by Crippen LogP contribution is 2.36. The minimum Gasteiger partial charge on any atom is -0.395 e. The minimum atomic E-state index is -0.162. The van der Waals surface area contributed by atoms with E-state index in [1.165, 1.54) is 11.8 Å². The van der Waals surface area contributed by atoms with E-state index in [1.54, 1.807) is 22.7 Å². The number of nitrogens with zero attached hydrogens (tertiary/aromatic N) is 4. The molecule has 35 heavy (non-hydrogen) atoms. The van der Waals surface area contributed by atoms with E-state index in [4.69, 9.17) is 17.0 Å². The maximum atomic E-state index is 13.8. The van der Waals surface area contributed by atoms with Gasteiger partial charge in [0, 0.05) is 64.9 Å². The Hall–Kier alpha value is -2.24. The molecule has 188 valence electrons. The van der Waals surface area contributed by atoms with Gasteiger partial charge in [0.2, 0.25) is 0 Å².